The predicted molar refractivity (Wildman–Crippen MR) is 96.8 cm³/mol. The van der Waals surface area contributed by atoms with Crippen LogP contribution in [0.2, 0.25) is 0 Å². The van der Waals surface area contributed by atoms with Crippen molar-refractivity contribution in [1.29, 1.82) is 0 Å². The number of carbonyl (C=O) groups is 1. The summed E-state index contributed by atoms with van der Waals surface area (Å²) < 4.78 is 0. The van der Waals surface area contributed by atoms with E-state index in [1.54, 1.807) is 24.7 Å². The van der Waals surface area contributed by atoms with Gasteiger partial charge in [-0.15, -0.1) is 0 Å². The Morgan fingerprint density at radius 1 is 1.12 bits per heavy atom. The normalized spacial score (nSPS) is 17.6. The minimum atomic E-state index is -0.145. The number of amides is 1. The van der Waals surface area contributed by atoms with E-state index in [0.717, 1.165) is 16.5 Å². The Labute approximate surface area is 142 Å². The van der Waals surface area contributed by atoms with Crippen LogP contribution in [-0.2, 0) is 4.79 Å². The molecular weight excluding hydrogens is 320 g/mol. The molecule has 0 unspecified atom stereocenters. The molecule has 24 heavy (non-hydrogen) atoms. The van der Waals surface area contributed by atoms with Crippen LogP contribution in [0.15, 0.2) is 71.0 Å². The Bertz CT molecular complexity index is 982. The fourth-order valence-electron chi connectivity index (χ4n) is 2.35. The van der Waals surface area contributed by atoms with Crippen LogP contribution in [-0.4, -0.2) is 21.0 Å². The topological polar surface area (TPSA) is 67.2 Å². The van der Waals surface area contributed by atoms with Gasteiger partial charge in [0.2, 0.25) is 0 Å². The van der Waals surface area contributed by atoms with Gasteiger partial charge in [-0.05, 0) is 53.7 Å². The summed E-state index contributed by atoms with van der Waals surface area (Å²) in [5, 5.41) is 4.37. The maximum Gasteiger partial charge on any atom is 0.264 e. The van der Waals surface area contributed by atoms with Gasteiger partial charge >= 0.3 is 0 Å². The number of hydrogen-bond acceptors (Lipinski definition) is 5. The highest BCUT2D eigenvalue weighted by molar-refractivity contribution is 8.18. The van der Waals surface area contributed by atoms with Gasteiger partial charge in [0, 0.05) is 17.8 Å². The molecule has 3 heterocycles. The minimum Gasteiger partial charge on any atom is -0.300 e. The number of carbonyl (C=O) groups excluding carboxylic acids is 1. The molecule has 6 heteroatoms. The van der Waals surface area contributed by atoms with Crippen molar-refractivity contribution < 1.29 is 4.79 Å². The van der Waals surface area contributed by atoms with E-state index in [0.29, 0.717) is 15.8 Å². The quantitative estimate of drug-likeness (QED) is 0.729. The maximum absolute atomic E-state index is 12.1. The molecule has 5 nitrogen and oxygen atoms in total. The Kier molecular flexibility index (Phi) is 3.80. The lowest BCUT2D eigenvalue weighted by molar-refractivity contribution is -0.115. The monoisotopic (exact) mass is 332 g/mol. The Morgan fingerprint density at radius 3 is 2.92 bits per heavy atom. The molecule has 1 saturated heterocycles. The third kappa shape index (κ3) is 3.04. The molecule has 0 bridgehead atoms. The van der Waals surface area contributed by atoms with E-state index >= 15 is 0 Å². The van der Waals surface area contributed by atoms with Crippen LogP contribution >= 0.6 is 11.8 Å². The van der Waals surface area contributed by atoms with Crippen molar-refractivity contribution in [3.05, 3.63) is 71.5 Å². The third-order valence-electron chi connectivity index (χ3n) is 3.45. The Morgan fingerprint density at radius 2 is 2.04 bits per heavy atom. The molecule has 0 saturated carbocycles. The van der Waals surface area contributed by atoms with Crippen molar-refractivity contribution in [3.8, 4) is 0 Å². The average molecular weight is 332 g/mol. The van der Waals surface area contributed by atoms with E-state index in [9.17, 15) is 4.79 Å². The average Bonchev–Trinajstić information content (AvgIpc) is 2.95. The van der Waals surface area contributed by atoms with E-state index in [1.807, 2.05) is 42.5 Å². The fraction of sp³-hybridized carbons (Fsp3) is 0. The molecule has 0 atom stereocenters. The number of benzene rings is 1. The summed E-state index contributed by atoms with van der Waals surface area (Å²) >= 11 is 1.32. The van der Waals surface area contributed by atoms with Gasteiger partial charge in [-0.2, -0.15) is 0 Å². The number of rotatable bonds is 2. The molecule has 1 fully saturated rings. The number of aliphatic imine (C=N–C) groups is 1. The number of amidine groups is 1. The van der Waals surface area contributed by atoms with Crippen LogP contribution in [0.5, 0.6) is 0 Å². The van der Waals surface area contributed by atoms with E-state index in [2.05, 4.69) is 20.3 Å². The Hall–Kier alpha value is -2.99. The van der Waals surface area contributed by atoms with Gasteiger partial charge in [0.15, 0.2) is 5.17 Å². The zero-order valence-electron chi connectivity index (χ0n) is 12.5. The second-order valence-electron chi connectivity index (χ2n) is 5.15. The first-order valence-corrected chi connectivity index (χ1v) is 8.14. The summed E-state index contributed by atoms with van der Waals surface area (Å²) in [5.74, 6) is -0.145. The summed E-state index contributed by atoms with van der Waals surface area (Å²) in [5.41, 5.74) is 2.59. The van der Waals surface area contributed by atoms with Crippen molar-refractivity contribution >= 4 is 45.5 Å². The minimum absolute atomic E-state index is 0.145. The van der Waals surface area contributed by atoms with Crippen LogP contribution in [0.25, 0.3) is 17.0 Å². The predicted octanol–water partition coefficient (Wildman–Crippen LogP) is 3.52. The number of aromatic nitrogens is 2. The zero-order chi connectivity index (χ0) is 16.4. The highest BCUT2D eigenvalue weighted by Gasteiger charge is 2.23. The molecule has 1 amide bonds. The lowest BCUT2D eigenvalue weighted by Crippen LogP contribution is -2.19. The van der Waals surface area contributed by atoms with E-state index < -0.39 is 0 Å². The van der Waals surface area contributed by atoms with Gasteiger partial charge in [-0.3, -0.25) is 14.8 Å². The van der Waals surface area contributed by atoms with Gasteiger partial charge in [-0.25, -0.2) is 4.99 Å². The SMILES string of the molecule is O=C1NC(=Nc2cccnc2)SC1=Cc1ccc2ncccc2c1. The molecule has 0 aliphatic carbocycles. The lowest BCUT2D eigenvalue weighted by Gasteiger charge is -1.99. The van der Waals surface area contributed by atoms with Gasteiger partial charge in [0.05, 0.1) is 22.3 Å². The van der Waals surface area contributed by atoms with Crippen molar-refractivity contribution in [2.75, 3.05) is 0 Å². The Balaban J connectivity index is 1.62. The molecule has 1 aromatic carbocycles. The second kappa shape index (κ2) is 6.25. The van der Waals surface area contributed by atoms with Crippen LogP contribution in [0.4, 0.5) is 5.69 Å². The molecule has 116 valence electrons. The number of thioether (sulfide) groups is 1. The largest absolute Gasteiger partial charge is 0.300 e. The summed E-state index contributed by atoms with van der Waals surface area (Å²) in [6.45, 7) is 0. The van der Waals surface area contributed by atoms with Crippen molar-refractivity contribution in [1.82, 2.24) is 15.3 Å². The van der Waals surface area contributed by atoms with Crippen LogP contribution < -0.4 is 5.32 Å². The van der Waals surface area contributed by atoms with Gasteiger partial charge < -0.3 is 5.32 Å². The molecule has 1 aliphatic rings. The molecule has 2 aromatic heterocycles. The molecule has 0 spiro atoms. The van der Waals surface area contributed by atoms with Crippen LogP contribution in [0.3, 0.4) is 0 Å². The molecular formula is C18H12N4OS. The van der Waals surface area contributed by atoms with Crippen molar-refractivity contribution in [3.63, 3.8) is 0 Å². The maximum atomic E-state index is 12.1. The summed E-state index contributed by atoms with van der Waals surface area (Å²) in [6.07, 6.45) is 6.96. The fourth-order valence-corrected chi connectivity index (χ4v) is 3.19. The number of nitrogens with zero attached hydrogens (tertiary/aromatic N) is 3. The zero-order valence-corrected chi connectivity index (χ0v) is 13.3. The first kappa shape index (κ1) is 14.6. The van der Waals surface area contributed by atoms with E-state index in [1.165, 1.54) is 11.8 Å². The third-order valence-corrected chi connectivity index (χ3v) is 4.36. The van der Waals surface area contributed by atoms with E-state index in [4.69, 9.17) is 0 Å². The van der Waals surface area contributed by atoms with Crippen LogP contribution in [0.1, 0.15) is 5.56 Å². The summed E-state index contributed by atoms with van der Waals surface area (Å²) in [6, 6.07) is 13.5. The molecule has 4 rings (SSSR count). The number of pyridine rings is 2. The van der Waals surface area contributed by atoms with Crippen LogP contribution in [0, 0.1) is 0 Å². The highest BCUT2D eigenvalue weighted by atomic mass is 32.2. The highest BCUT2D eigenvalue weighted by Crippen LogP contribution is 2.28. The molecule has 1 N–H and O–H groups in total. The number of nitrogens with one attached hydrogen (secondary N) is 1. The van der Waals surface area contributed by atoms with Gasteiger partial charge in [0.1, 0.15) is 0 Å². The van der Waals surface area contributed by atoms with Crippen molar-refractivity contribution in [2.45, 2.75) is 0 Å². The lowest BCUT2D eigenvalue weighted by atomic mass is 10.1. The van der Waals surface area contributed by atoms with Gasteiger partial charge in [-0.1, -0.05) is 12.1 Å². The number of fused-ring (bicyclic) bond motifs is 1. The molecule has 0 radical (unpaired) electrons. The molecule has 1 aliphatic heterocycles. The first-order chi connectivity index (χ1) is 11.8. The first-order valence-electron chi connectivity index (χ1n) is 7.32. The second-order valence-corrected chi connectivity index (χ2v) is 6.18. The summed E-state index contributed by atoms with van der Waals surface area (Å²) in [4.78, 5) is 25.4. The molecule has 3 aromatic rings. The van der Waals surface area contributed by atoms with Crippen molar-refractivity contribution in [2.24, 2.45) is 4.99 Å². The smallest absolute Gasteiger partial charge is 0.264 e. The van der Waals surface area contributed by atoms with Gasteiger partial charge in [0.25, 0.3) is 5.91 Å². The standard InChI is InChI=1S/C18H12N4OS/c23-17-16(24-18(22-17)21-14-4-2-7-19-11-14)10-12-5-6-15-13(9-12)3-1-8-20-15/h1-11H,(H,21,22,23). The van der Waals surface area contributed by atoms with E-state index in [-0.39, 0.29) is 5.91 Å². The summed E-state index contributed by atoms with van der Waals surface area (Å²) in [7, 11) is 0. The number of hydrogen-bond donors (Lipinski definition) is 1.